The summed E-state index contributed by atoms with van der Waals surface area (Å²) < 4.78 is 15.8. The predicted octanol–water partition coefficient (Wildman–Crippen LogP) is 1.32. The molecule has 2 atom stereocenters. The van der Waals surface area contributed by atoms with E-state index in [1.807, 2.05) is 35.7 Å². The molecular formula is C21H29FN6O. The van der Waals surface area contributed by atoms with Crippen LogP contribution in [0.2, 0.25) is 0 Å². The summed E-state index contributed by atoms with van der Waals surface area (Å²) in [5.41, 5.74) is 1.69. The summed E-state index contributed by atoms with van der Waals surface area (Å²) in [6.45, 7) is 6.59. The number of benzene rings is 1. The van der Waals surface area contributed by atoms with Gasteiger partial charge < -0.3 is 14.8 Å². The molecule has 8 heteroatoms. The molecule has 7 nitrogen and oxygen atoms in total. The van der Waals surface area contributed by atoms with Gasteiger partial charge in [-0.2, -0.15) is 0 Å². The Morgan fingerprint density at radius 3 is 2.79 bits per heavy atom. The third-order valence-electron chi connectivity index (χ3n) is 6.03. The molecule has 1 aromatic carbocycles. The molecule has 0 aliphatic carbocycles. The minimum absolute atomic E-state index is 0.143. The number of nitrogens with one attached hydrogen (secondary N) is 1. The Morgan fingerprint density at radius 1 is 1.24 bits per heavy atom. The maximum atomic E-state index is 13.9. The average molecular weight is 401 g/mol. The zero-order valence-electron chi connectivity index (χ0n) is 17.4. The van der Waals surface area contributed by atoms with Crippen LogP contribution in [0.1, 0.15) is 27.6 Å². The van der Waals surface area contributed by atoms with Crippen molar-refractivity contribution in [1.82, 2.24) is 29.9 Å². The fourth-order valence-corrected chi connectivity index (χ4v) is 4.38. The monoisotopic (exact) mass is 400 g/mol. The number of hydrogen-bond acceptors (Lipinski definition) is 5. The van der Waals surface area contributed by atoms with Gasteiger partial charge in [-0.15, -0.1) is 10.2 Å². The van der Waals surface area contributed by atoms with Crippen LogP contribution in [0.3, 0.4) is 0 Å². The highest BCUT2D eigenvalue weighted by Crippen LogP contribution is 2.33. The maximum Gasteiger partial charge on any atom is 0.289 e. The van der Waals surface area contributed by atoms with E-state index in [1.54, 1.807) is 13.0 Å². The number of amides is 1. The lowest BCUT2D eigenvalue weighted by molar-refractivity contribution is 0.0932. The van der Waals surface area contributed by atoms with Crippen LogP contribution in [0, 0.1) is 24.6 Å². The van der Waals surface area contributed by atoms with Gasteiger partial charge in [-0.25, -0.2) is 4.39 Å². The average Bonchev–Trinajstić information content (AvgIpc) is 3.25. The van der Waals surface area contributed by atoms with Crippen molar-refractivity contribution in [2.24, 2.45) is 11.8 Å². The SMILES string of the molecule is Cc1ccc(CN2C[C@@H]3Cn4c(nnc4C(=O)NCCN(C)C)C[C@H]3C2)cc1F. The largest absolute Gasteiger partial charge is 0.348 e. The van der Waals surface area contributed by atoms with Gasteiger partial charge in [-0.1, -0.05) is 12.1 Å². The minimum Gasteiger partial charge on any atom is -0.348 e. The van der Waals surface area contributed by atoms with Crippen LogP contribution in [-0.2, 0) is 19.5 Å². The first kappa shape index (κ1) is 20.0. The summed E-state index contributed by atoms with van der Waals surface area (Å²) in [4.78, 5) is 16.9. The highest BCUT2D eigenvalue weighted by molar-refractivity contribution is 5.90. The van der Waals surface area contributed by atoms with E-state index in [1.165, 1.54) is 0 Å². The van der Waals surface area contributed by atoms with E-state index in [0.717, 1.165) is 50.5 Å². The number of fused-ring (bicyclic) bond motifs is 2. The van der Waals surface area contributed by atoms with Crippen molar-refractivity contribution < 1.29 is 9.18 Å². The van der Waals surface area contributed by atoms with Crippen LogP contribution in [0.25, 0.3) is 0 Å². The molecule has 1 saturated heterocycles. The number of aryl methyl sites for hydroxylation is 1. The summed E-state index contributed by atoms with van der Waals surface area (Å²) >= 11 is 0. The van der Waals surface area contributed by atoms with Gasteiger partial charge in [-0.3, -0.25) is 9.69 Å². The number of carbonyl (C=O) groups excluding carboxylic acids is 1. The van der Waals surface area contributed by atoms with Crippen molar-refractivity contribution in [2.75, 3.05) is 40.3 Å². The van der Waals surface area contributed by atoms with Crippen molar-refractivity contribution in [1.29, 1.82) is 0 Å². The van der Waals surface area contributed by atoms with E-state index < -0.39 is 0 Å². The second-order valence-corrected chi connectivity index (χ2v) is 8.61. The molecule has 1 fully saturated rings. The zero-order chi connectivity index (χ0) is 20.5. The summed E-state index contributed by atoms with van der Waals surface area (Å²) in [5, 5.41) is 11.4. The van der Waals surface area contributed by atoms with Crippen LogP contribution in [0.4, 0.5) is 4.39 Å². The second kappa shape index (κ2) is 8.20. The van der Waals surface area contributed by atoms with E-state index >= 15 is 0 Å². The lowest BCUT2D eigenvalue weighted by Gasteiger charge is -2.25. The van der Waals surface area contributed by atoms with Gasteiger partial charge in [0.15, 0.2) is 0 Å². The Labute approximate surface area is 170 Å². The fraction of sp³-hybridized carbons (Fsp3) is 0.571. The Bertz CT molecular complexity index is 895. The predicted molar refractivity (Wildman–Crippen MR) is 108 cm³/mol. The molecule has 2 aliphatic heterocycles. The molecule has 29 heavy (non-hydrogen) atoms. The van der Waals surface area contributed by atoms with Gasteiger partial charge in [0.25, 0.3) is 5.91 Å². The summed E-state index contributed by atoms with van der Waals surface area (Å²) in [7, 11) is 3.95. The van der Waals surface area contributed by atoms with Gasteiger partial charge in [-0.05, 0) is 50.0 Å². The first-order chi connectivity index (χ1) is 13.9. The third-order valence-corrected chi connectivity index (χ3v) is 6.03. The lowest BCUT2D eigenvalue weighted by Crippen LogP contribution is -2.35. The van der Waals surface area contributed by atoms with Gasteiger partial charge in [0, 0.05) is 45.7 Å². The van der Waals surface area contributed by atoms with Crippen LogP contribution < -0.4 is 5.32 Å². The van der Waals surface area contributed by atoms with E-state index in [0.29, 0.717) is 29.8 Å². The molecule has 1 amide bonds. The lowest BCUT2D eigenvalue weighted by atomic mass is 9.89. The number of rotatable bonds is 6. The molecule has 2 aliphatic rings. The number of nitrogens with zero attached hydrogens (tertiary/aromatic N) is 5. The van der Waals surface area contributed by atoms with Crippen molar-refractivity contribution in [2.45, 2.75) is 26.4 Å². The molecule has 3 heterocycles. The third kappa shape index (κ3) is 4.33. The Hall–Kier alpha value is -2.32. The quantitative estimate of drug-likeness (QED) is 0.792. The van der Waals surface area contributed by atoms with Crippen LogP contribution in [0.15, 0.2) is 18.2 Å². The number of aromatic nitrogens is 3. The van der Waals surface area contributed by atoms with Crippen molar-refractivity contribution in [3.8, 4) is 0 Å². The molecule has 0 bridgehead atoms. The smallest absolute Gasteiger partial charge is 0.289 e. The molecule has 0 unspecified atom stereocenters. The molecule has 1 N–H and O–H groups in total. The Morgan fingerprint density at radius 2 is 2.03 bits per heavy atom. The summed E-state index contributed by atoms with van der Waals surface area (Å²) in [5.74, 6) is 1.97. The van der Waals surface area contributed by atoms with Crippen LogP contribution >= 0.6 is 0 Å². The van der Waals surface area contributed by atoms with Gasteiger partial charge in [0.2, 0.25) is 5.82 Å². The molecule has 2 aromatic rings. The first-order valence-corrected chi connectivity index (χ1v) is 10.2. The standard InChI is InChI=1S/C21H29FN6O/c1-14-4-5-15(8-18(14)22)10-27-11-16-9-19-24-25-20(28(19)13-17(16)12-27)21(29)23-6-7-26(2)3/h4-5,8,16-17H,6-7,9-13H2,1-3H3,(H,23,29)/t16-,17+/m0/s1. The van der Waals surface area contributed by atoms with Gasteiger partial charge >= 0.3 is 0 Å². The number of halogens is 1. The van der Waals surface area contributed by atoms with Crippen molar-refractivity contribution in [3.05, 3.63) is 46.8 Å². The van der Waals surface area contributed by atoms with Gasteiger partial charge in [0.1, 0.15) is 11.6 Å². The number of likely N-dealkylation sites (N-methyl/N-ethyl adjacent to an activating group) is 1. The molecule has 0 spiro atoms. The molecule has 1 aromatic heterocycles. The molecule has 156 valence electrons. The topological polar surface area (TPSA) is 66.3 Å². The first-order valence-electron chi connectivity index (χ1n) is 10.2. The number of hydrogen-bond donors (Lipinski definition) is 1. The number of likely N-dealkylation sites (tertiary alicyclic amines) is 1. The Balaban J connectivity index is 1.39. The number of carbonyl (C=O) groups is 1. The normalized spacial score (nSPS) is 21.3. The molecule has 0 radical (unpaired) electrons. The molecule has 4 rings (SSSR count). The minimum atomic E-state index is -0.158. The summed E-state index contributed by atoms with van der Waals surface area (Å²) in [6, 6.07) is 5.49. The maximum absolute atomic E-state index is 13.9. The highest BCUT2D eigenvalue weighted by Gasteiger charge is 2.39. The van der Waals surface area contributed by atoms with E-state index in [-0.39, 0.29) is 11.7 Å². The van der Waals surface area contributed by atoms with E-state index in [9.17, 15) is 9.18 Å². The zero-order valence-corrected chi connectivity index (χ0v) is 17.4. The van der Waals surface area contributed by atoms with Crippen LogP contribution in [0.5, 0.6) is 0 Å². The Kier molecular flexibility index (Phi) is 5.65. The van der Waals surface area contributed by atoms with Gasteiger partial charge in [0.05, 0.1) is 0 Å². The second-order valence-electron chi connectivity index (χ2n) is 8.61. The highest BCUT2D eigenvalue weighted by atomic mass is 19.1. The van der Waals surface area contributed by atoms with Crippen molar-refractivity contribution in [3.63, 3.8) is 0 Å². The fourth-order valence-electron chi connectivity index (χ4n) is 4.38. The van der Waals surface area contributed by atoms with E-state index in [2.05, 4.69) is 20.4 Å². The molecule has 0 saturated carbocycles. The van der Waals surface area contributed by atoms with Crippen LogP contribution in [-0.4, -0.2) is 70.7 Å². The molecular weight excluding hydrogens is 371 g/mol. The van der Waals surface area contributed by atoms with Crippen molar-refractivity contribution >= 4 is 5.91 Å². The van der Waals surface area contributed by atoms with E-state index in [4.69, 9.17) is 0 Å². The summed E-state index contributed by atoms with van der Waals surface area (Å²) in [6.07, 6.45) is 0.835.